The number of methoxy groups -OCH3 is 1. The predicted molar refractivity (Wildman–Crippen MR) is 198 cm³/mol. The summed E-state index contributed by atoms with van der Waals surface area (Å²) in [5, 5.41) is 23.3. The molecule has 0 aromatic rings. The number of nitrogens with one attached hydrogen (secondary N) is 6. The Balaban J connectivity index is 1.22. The standard InChI is InChI=1S/C34H61F5N8O5S2/c1-19-17-27(45-44-19)41-30-29(52-5)31(46-15-12-21(13-16-46)11-14-40-20(2)34(37,38)39)43-32(42-30)53-26-10-9-22(18-24(26)35)54(50,51)33(3,4)23-7-6-8-25(28(23)36)47(48)49/h19-32,40-45H,6-18H2,1-5H3. The summed E-state index contributed by atoms with van der Waals surface area (Å²) < 4.78 is 103. The smallest absolute Gasteiger partial charge is 0.375 e. The molecule has 54 heavy (non-hydrogen) atoms. The topological polar surface area (TPSA) is 162 Å². The van der Waals surface area contributed by atoms with Crippen molar-refractivity contribution in [1.82, 2.24) is 37.0 Å². The second kappa shape index (κ2) is 18.3. The van der Waals surface area contributed by atoms with E-state index in [0.29, 0.717) is 25.9 Å². The van der Waals surface area contributed by atoms with Crippen molar-refractivity contribution in [2.45, 2.75) is 174 Å². The fourth-order valence-corrected chi connectivity index (χ4v) is 12.9. The molecule has 2 saturated carbocycles. The van der Waals surface area contributed by atoms with E-state index in [2.05, 4.69) is 43.9 Å². The number of piperidine rings is 1. The van der Waals surface area contributed by atoms with Crippen molar-refractivity contribution < 1.29 is 40.0 Å². The van der Waals surface area contributed by atoms with Crippen LogP contribution < -0.4 is 32.1 Å². The number of likely N-dealkylation sites (tertiary alicyclic amines) is 1. The number of sulfone groups is 1. The fourth-order valence-electron chi connectivity index (χ4n) is 9.11. The van der Waals surface area contributed by atoms with Gasteiger partial charge in [-0.1, -0.05) is 0 Å². The minimum atomic E-state index is -4.28. The average molecular weight is 821 g/mol. The Morgan fingerprint density at radius 3 is 2.33 bits per heavy atom. The van der Waals surface area contributed by atoms with E-state index in [4.69, 9.17) is 4.74 Å². The Bertz CT molecular complexity index is 1350. The number of thioether (sulfide) groups is 1. The molecule has 13 unspecified atom stereocenters. The molecule has 5 rings (SSSR count). The van der Waals surface area contributed by atoms with Crippen LogP contribution in [0.4, 0.5) is 22.0 Å². The molecule has 3 heterocycles. The Morgan fingerprint density at radius 1 is 1.04 bits per heavy atom. The zero-order valence-corrected chi connectivity index (χ0v) is 33.6. The van der Waals surface area contributed by atoms with Crippen molar-refractivity contribution in [2.75, 3.05) is 26.7 Å². The summed E-state index contributed by atoms with van der Waals surface area (Å²) in [4.78, 5) is 13.1. The van der Waals surface area contributed by atoms with E-state index in [0.717, 1.165) is 26.2 Å². The van der Waals surface area contributed by atoms with E-state index in [1.54, 1.807) is 7.11 Å². The first kappa shape index (κ1) is 44.1. The molecular formula is C34H61F5N8O5S2. The van der Waals surface area contributed by atoms with Crippen molar-refractivity contribution in [1.29, 1.82) is 0 Å². The molecule has 0 aromatic heterocycles. The Kier molecular flexibility index (Phi) is 15.0. The van der Waals surface area contributed by atoms with Gasteiger partial charge in [0.25, 0.3) is 0 Å². The third-order valence-electron chi connectivity index (χ3n) is 12.7. The maximum absolute atomic E-state index is 16.1. The van der Waals surface area contributed by atoms with Gasteiger partial charge < -0.3 is 10.1 Å². The molecule has 0 bridgehead atoms. The minimum Gasteiger partial charge on any atom is -0.375 e. The number of hydrogen-bond acceptors (Lipinski definition) is 13. The first-order valence-electron chi connectivity index (χ1n) is 19.5. The van der Waals surface area contributed by atoms with Gasteiger partial charge in [-0.05, 0) is 111 Å². The van der Waals surface area contributed by atoms with Crippen molar-refractivity contribution in [2.24, 2.45) is 11.8 Å². The van der Waals surface area contributed by atoms with Crippen LogP contribution in [-0.4, -0.2) is 127 Å². The lowest BCUT2D eigenvalue weighted by atomic mass is 9.77. The first-order valence-corrected chi connectivity index (χ1v) is 22.0. The third kappa shape index (κ3) is 10.2. The van der Waals surface area contributed by atoms with E-state index in [1.807, 2.05) is 0 Å². The number of nitrogens with zero attached hydrogens (tertiary/aromatic N) is 2. The molecule has 20 heteroatoms. The van der Waals surface area contributed by atoms with Crippen molar-refractivity contribution in [3.05, 3.63) is 10.1 Å². The Hall–Kier alpha value is -0.970. The quantitative estimate of drug-likeness (QED) is 0.0859. The van der Waals surface area contributed by atoms with E-state index in [-0.39, 0.29) is 75.2 Å². The SMILES string of the molecule is COC1C(NC2CC(C)NN2)NC(SC2CCC(S(=O)(=O)C(C)(C)C3CCCC([N+](=O)[O-])C3F)CC2F)NC1N1CCC(CCNC(C)C(F)(F)F)CC1. The number of nitro groups is 1. The van der Waals surface area contributed by atoms with Crippen LogP contribution in [-0.2, 0) is 14.6 Å². The summed E-state index contributed by atoms with van der Waals surface area (Å²) in [6, 6.07) is -2.76. The summed E-state index contributed by atoms with van der Waals surface area (Å²) in [6.45, 7) is 7.77. The molecule has 2 aliphatic carbocycles. The van der Waals surface area contributed by atoms with Gasteiger partial charge in [-0.25, -0.2) is 22.6 Å². The van der Waals surface area contributed by atoms with Gasteiger partial charge in [0, 0.05) is 35.7 Å². The first-order chi connectivity index (χ1) is 25.3. The Labute approximate surface area is 320 Å². The molecule has 13 atom stereocenters. The molecule has 3 aliphatic heterocycles. The number of halogens is 5. The van der Waals surface area contributed by atoms with E-state index < -0.39 is 72.0 Å². The largest absolute Gasteiger partial charge is 0.403 e. The van der Waals surface area contributed by atoms with Crippen LogP contribution in [0.5, 0.6) is 0 Å². The monoisotopic (exact) mass is 820 g/mol. The number of hydrogen-bond donors (Lipinski definition) is 6. The summed E-state index contributed by atoms with van der Waals surface area (Å²) in [6.07, 6.45) is -4.71. The van der Waals surface area contributed by atoms with Crippen LogP contribution in [0.1, 0.15) is 91.9 Å². The summed E-state index contributed by atoms with van der Waals surface area (Å²) in [5.41, 5.74) is 6.04. The minimum absolute atomic E-state index is 0.0662. The zero-order valence-electron chi connectivity index (χ0n) is 31.9. The molecule has 13 nitrogen and oxygen atoms in total. The molecular weight excluding hydrogens is 760 g/mol. The second-order valence-corrected chi connectivity index (χ2v) is 20.7. The average Bonchev–Trinajstić information content (AvgIpc) is 3.52. The molecule has 6 N–H and O–H groups in total. The van der Waals surface area contributed by atoms with Gasteiger partial charge >= 0.3 is 6.18 Å². The number of hydrazine groups is 1. The second-order valence-electron chi connectivity index (χ2n) is 16.6. The molecule has 0 radical (unpaired) electrons. The lowest BCUT2D eigenvalue weighted by Crippen LogP contribution is -2.75. The number of ether oxygens (including phenoxy) is 1. The van der Waals surface area contributed by atoms with E-state index >= 15 is 8.78 Å². The van der Waals surface area contributed by atoms with Crippen molar-refractivity contribution in [3.8, 4) is 0 Å². The Morgan fingerprint density at radius 2 is 1.74 bits per heavy atom. The maximum Gasteiger partial charge on any atom is 0.403 e. The maximum atomic E-state index is 16.1. The summed E-state index contributed by atoms with van der Waals surface area (Å²) >= 11 is 1.38. The molecule has 0 aromatic carbocycles. The summed E-state index contributed by atoms with van der Waals surface area (Å²) in [5.74, 6) is -0.770. The lowest BCUT2D eigenvalue weighted by molar-refractivity contribution is -0.536. The van der Waals surface area contributed by atoms with Crippen LogP contribution in [0, 0.1) is 22.0 Å². The van der Waals surface area contributed by atoms with Crippen LogP contribution in [0.15, 0.2) is 0 Å². The van der Waals surface area contributed by atoms with E-state index in [9.17, 15) is 31.7 Å². The number of rotatable bonds is 14. The van der Waals surface area contributed by atoms with Crippen LogP contribution >= 0.6 is 11.8 Å². The number of alkyl halides is 5. The van der Waals surface area contributed by atoms with Gasteiger partial charge in [0.05, 0.1) is 28.5 Å². The molecule has 5 fully saturated rings. The highest BCUT2D eigenvalue weighted by Gasteiger charge is 2.55. The normalized spacial score (nSPS) is 38.7. The third-order valence-corrected chi connectivity index (χ3v) is 17.2. The zero-order chi connectivity index (χ0) is 39.6. The van der Waals surface area contributed by atoms with Crippen LogP contribution in [0.3, 0.4) is 0 Å². The predicted octanol–water partition coefficient (Wildman–Crippen LogP) is 3.54. The van der Waals surface area contributed by atoms with Crippen LogP contribution in [0.2, 0.25) is 0 Å². The molecule has 5 aliphatic rings. The highest BCUT2D eigenvalue weighted by atomic mass is 32.2. The summed E-state index contributed by atoms with van der Waals surface area (Å²) in [7, 11) is -2.42. The highest BCUT2D eigenvalue weighted by Crippen LogP contribution is 2.45. The molecule has 3 saturated heterocycles. The van der Waals surface area contributed by atoms with Crippen molar-refractivity contribution in [3.63, 3.8) is 0 Å². The van der Waals surface area contributed by atoms with Gasteiger partial charge in [0.2, 0.25) is 6.04 Å². The van der Waals surface area contributed by atoms with Crippen molar-refractivity contribution >= 4 is 21.6 Å². The molecule has 0 spiro atoms. The van der Waals surface area contributed by atoms with Gasteiger partial charge in [-0.2, -0.15) is 13.2 Å². The van der Waals surface area contributed by atoms with Gasteiger partial charge in [-0.15, -0.1) is 11.8 Å². The van der Waals surface area contributed by atoms with E-state index in [1.165, 1.54) is 25.6 Å². The highest BCUT2D eigenvalue weighted by molar-refractivity contribution is 8.00. The van der Waals surface area contributed by atoms with Crippen LogP contribution in [0.25, 0.3) is 0 Å². The van der Waals surface area contributed by atoms with Gasteiger partial charge in [0.15, 0.2) is 16.0 Å². The lowest BCUT2D eigenvalue weighted by Gasteiger charge is -2.50. The van der Waals surface area contributed by atoms with Gasteiger partial charge in [0.1, 0.15) is 23.8 Å². The fraction of sp³-hybridized carbons (Fsp3) is 1.00. The molecule has 0 amide bonds. The van der Waals surface area contributed by atoms with Gasteiger partial charge in [-0.3, -0.25) is 36.4 Å². The molecule has 314 valence electrons.